The number of carbonyl (C=O) groups excluding carboxylic acids is 1. The van der Waals surface area contributed by atoms with Gasteiger partial charge >= 0.3 is 5.97 Å². The van der Waals surface area contributed by atoms with Crippen molar-refractivity contribution in [2.75, 3.05) is 0 Å². The summed E-state index contributed by atoms with van der Waals surface area (Å²) in [5, 5.41) is 1.97. The van der Waals surface area contributed by atoms with Gasteiger partial charge in [-0.1, -0.05) is 36.9 Å². The predicted molar refractivity (Wildman–Crippen MR) is 86.3 cm³/mol. The van der Waals surface area contributed by atoms with Crippen molar-refractivity contribution < 1.29 is 14.3 Å². The summed E-state index contributed by atoms with van der Waals surface area (Å²) in [5.41, 5.74) is 0. The van der Waals surface area contributed by atoms with Crippen LogP contribution in [0.3, 0.4) is 0 Å². The van der Waals surface area contributed by atoms with Crippen molar-refractivity contribution in [2.24, 2.45) is 0 Å². The first-order valence-electron chi connectivity index (χ1n) is 6.85. The summed E-state index contributed by atoms with van der Waals surface area (Å²) in [5.74, 6) is 1.57. The zero-order valence-corrected chi connectivity index (χ0v) is 11.9. The predicted octanol–water partition coefficient (Wildman–Crippen LogP) is 4.72. The van der Waals surface area contributed by atoms with Gasteiger partial charge in [-0.25, -0.2) is 4.79 Å². The van der Waals surface area contributed by atoms with Gasteiger partial charge in [-0.2, -0.15) is 0 Å². The molecule has 0 unspecified atom stereocenters. The topological polar surface area (TPSA) is 35.5 Å². The third-order valence-corrected chi connectivity index (χ3v) is 3.15. The molecule has 0 aliphatic carbocycles. The molecule has 3 heteroatoms. The summed E-state index contributed by atoms with van der Waals surface area (Å²) >= 11 is 0. The van der Waals surface area contributed by atoms with Crippen LogP contribution in [0.5, 0.6) is 17.2 Å². The van der Waals surface area contributed by atoms with E-state index < -0.39 is 5.97 Å². The van der Waals surface area contributed by atoms with Crippen LogP contribution in [-0.2, 0) is 4.79 Å². The van der Waals surface area contributed by atoms with Crippen molar-refractivity contribution in [3.63, 3.8) is 0 Å². The van der Waals surface area contributed by atoms with E-state index in [1.165, 1.54) is 0 Å². The molecule has 0 saturated carbocycles. The highest BCUT2D eigenvalue weighted by atomic mass is 16.5. The molecule has 0 spiro atoms. The van der Waals surface area contributed by atoms with E-state index in [-0.39, 0.29) is 0 Å². The molecule has 22 heavy (non-hydrogen) atoms. The van der Waals surface area contributed by atoms with Crippen LogP contribution in [-0.4, -0.2) is 5.97 Å². The minimum Gasteiger partial charge on any atom is -0.457 e. The Morgan fingerprint density at radius 1 is 0.818 bits per heavy atom. The lowest BCUT2D eigenvalue weighted by Gasteiger charge is -2.08. The lowest BCUT2D eigenvalue weighted by atomic mass is 10.1. The van der Waals surface area contributed by atoms with E-state index in [0.717, 1.165) is 28.3 Å². The van der Waals surface area contributed by atoms with Gasteiger partial charge in [-0.05, 0) is 47.2 Å². The molecule has 0 saturated heterocycles. The zero-order chi connectivity index (χ0) is 15.4. The molecule has 0 aromatic heterocycles. The fourth-order valence-corrected chi connectivity index (χ4v) is 2.11. The van der Waals surface area contributed by atoms with Crippen molar-refractivity contribution >= 4 is 16.7 Å². The zero-order valence-electron chi connectivity index (χ0n) is 11.9. The molecular weight excluding hydrogens is 276 g/mol. The van der Waals surface area contributed by atoms with Crippen molar-refractivity contribution in [1.82, 2.24) is 0 Å². The van der Waals surface area contributed by atoms with E-state index in [9.17, 15) is 4.79 Å². The molecule has 3 aromatic rings. The average molecular weight is 290 g/mol. The van der Waals surface area contributed by atoms with Gasteiger partial charge in [0.25, 0.3) is 0 Å². The Morgan fingerprint density at radius 3 is 2.14 bits per heavy atom. The number of carbonyl (C=O) groups is 1. The van der Waals surface area contributed by atoms with Gasteiger partial charge in [0.05, 0.1) is 0 Å². The Balaban J connectivity index is 1.86. The Bertz CT molecular complexity index is 822. The lowest BCUT2D eigenvalue weighted by molar-refractivity contribution is -0.128. The minimum absolute atomic E-state index is 0.469. The van der Waals surface area contributed by atoms with Crippen LogP contribution in [0.25, 0.3) is 10.8 Å². The van der Waals surface area contributed by atoms with Gasteiger partial charge in [0, 0.05) is 6.08 Å². The van der Waals surface area contributed by atoms with Crippen molar-refractivity contribution in [1.29, 1.82) is 0 Å². The fourth-order valence-electron chi connectivity index (χ4n) is 2.11. The molecule has 0 amide bonds. The van der Waals surface area contributed by atoms with Crippen molar-refractivity contribution in [3.8, 4) is 17.2 Å². The summed E-state index contributed by atoms with van der Waals surface area (Å²) in [6.45, 7) is 3.38. The molecule has 3 aromatic carbocycles. The van der Waals surface area contributed by atoms with Crippen molar-refractivity contribution in [3.05, 3.63) is 79.4 Å². The van der Waals surface area contributed by atoms with E-state index >= 15 is 0 Å². The first-order valence-corrected chi connectivity index (χ1v) is 6.85. The maximum atomic E-state index is 11.2. The van der Waals surface area contributed by atoms with E-state index in [1.807, 2.05) is 60.7 Å². The Labute approximate surface area is 128 Å². The molecular formula is C19H14O3. The second-order valence-corrected chi connectivity index (χ2v) is 4.71. The van der Waals surface area contributed by atoms with E-state index in [4.69, 9.17) is 9.47 Å². The fraction of sp³-hybridized carbons (Fsp3) is 0. The lowest BCUT2D eigenvalue weighted by Crippen LogP contribution is -2.02. The smallest absolute Gasteiger partial charge is 0.335 e. The number of hydrogen-bond acceptors (Lipinski definition) is 3. The Kier molecular flexibility index (Phi) is 3.88. The van der Waals surface area contributed by atoms with Crippen LogP contribution in [0.1, 0.15) is 0 Å². The number of hydrogen-bond donors (Lipinski definition) is 0. The molecule has 3 rings (SSSR count). The number of ether oxygens (including phenoxy) is 2. The molecule has 0 radical (unpaired) electrons. The maximum absolute atomic E-state index is 11.2. The van der Waals surface area contributed by atoms with E-state index in [1.54, 1.807) is 6.07 Å². The molecule has 0 fully saturated rings. The minimum atomic E-state index is -0.469. The SMILES string of the molecule is C=CC(=O)Oc1ccc2cc(Oc3ccccc3)ccc2c1. The van der Waals surface area contributed by atoms with Crippen LogP contribution in [0.4, 0.5) is 0 Å². The average Bonchev–Trinajstić information content (AvgIpc) is 2.56. The molecule has 0 heterocycles. The normalized spacial score (nSPS) is 10.2. The number of para-hydroxylation sites is 1. The van der Waals surface area contributed by atoms with Crippen LogP contribution < -0.4 is 9.47 Å². The molecule has 0 aliphatic heterocycles. The van der Waals surface area contributed by atoms with Gasteiger partial charge in [-0.15, -0.1) is 0 Å². The van der Waals surface area contributed by atoms with Gasteiger partial charge in [0.2, 0.25) is 0 Å². The van der Waals surface area contributed by atoms with Crippen LogP contribution in [0.2, 0.25) is 0 Å². The summed E-state index contributed by atoms with van der Waals surface area (Å²) in [7, 11) is 0. The van der Waals surface area contributed by atoms with Gasteiger partial charge in [0.15, 0.2) is 0 Å². The number of benzene rings is 3. The monoisotopic (exact) mass is 290 g/mol. The Morgan fingerprint density at radius 2 is 1.45 bits per heavy atom. The number of fused-ring (bicyclic) bond motifs is 1. The third-order valence-electron chi connectivity index (χ3n) is 3.15. The highest BCUT2D eigenvalue weighted by Gasteiger charge is 2.03. The largest absolute Gasteiger partial charge is 0.457 e. The second-order valence-electron chi connectivity index (χ2n) is 4.71. The molecule has 0 bridgehead atoms. The van der Waals surface area contributed by atoms with Crippen LogP contribution in [0, 0.1) is 0 Å². The van der Waals surface area contributed by atoms with Crippen LogP contribution >= 0.6 is 0 Å². The highest BCUT2D eigenvalue weighted by molar-refractivity contribution is 5.87. The second kappa shape index (κ2) is 6.14. The molecule has 108 valence electrons. The van der Waals surface area contributed by atoms with Gasteiger partial charge < -0.3 is 9.47 Å². The molecule has 0 N–H and O–H groups in total. The third kappa shape index (κ3) is 3.15. The summed E-state index contributed by atoms with van der Waals surface area (Å²) in [6, 6.07) is 20.8. The first-order chi connectivity index (χ1) is 10.7. The first kappa shape index (κ1) is 13.9. The number of rotatable bonds is 4. The van der Waals surface area contributed by atoms with Gasteiger partial charge in [0.1, 0.15) is 17.2 Å². The standard InChI is InChI=1S/C19H14O3/c1-2-19(20)22-18-11-9-14-12-17(10-8-15(14)13-18)21-16-6-4-3-5-7-16/h2-13H,1H2. The highest BCUT2D eigenvalue weighted by Crippen LogP contribution is 2.27. The molecule has 0 atom stereocenters. The molecule has 3 nitrogen and oxygen atoms in total. The summed E-state index contributed by atoms with van der Waals surface area (Å²) in [6.07, 6.45) is 1.14. The Hall–Kier alpha value is -3.07. The van der Waals surface area contributed by atoms with Gasteiger partial charge in [-0.3, -0.25) is 0 Å². The van der Waals surface area contributed by atoms with Crippen molar-refractivity contribution in [2.45, 2.75) is 0 Å². The number of esters is 1. The van der Waals surface area contributed by atoms with Crippen LogP contribution in [0.15, 0.2) is 79.4 Å². The molecule has 0 aliphatic rings. The maximum Gasteiger partial charge on any atom is 0.335 e. The van der Waals surface area contributed by atoms with E-state index in [0.29, 0.717) is 5.75 Å². The summed E-state index contributed by atoms with van der Waals surface area (Å²) < 4.78 is 10.9. The quantitative estimate of drug-likeness (QED) is 0.396. The van der Waals surface area contributed by atoms with E-state index in [2.05, 4.69) is 6.58 Å². The summed E-state index contributed by atoms with van der Waals surface area (Å²) in [4.78, 5) is 11.2.